The molecule has 9 nitrogen and oxygen atoms in total. The molecule has 0 bridgehead atoms. The average Bonchev–Trinajstić information content (AvgIpc) is 3.72. The maximum absolute atomic E-state index is 5.73. The van der Waals surface area contributed by atoms with Crippen LogP contribution in [-0.4, -0.2) is 82.3 Å². The molecule has 3 saturated heterocycles. The number of piperazine rings is 1. The first-order valence-electron chi connectivity index (χ1n) is 12.8. The van der Waals surface area contributed by atoms with Gasteiger partial charge in [-0.05, 0) is 37.9 Å². The maximum Gasteiger partial charge on any atom is 0.232 e. The molecule has 0 aliphatic carbocycles. The minimum absolute atomic E-state index is 0.717. The molecule has 1 aromatic carbocycles. The molecule has 3 aromatic rings. The van der Waals surface area contributed by atoms with E-state index in [9.17, 15) is 0 Å². The van der Waals surface area contributed by atoms with Gasteiger partial charge in [-0.25, -0.2) is 4.98 Å². The number of aromatic nitrogens is 4. The first-order valence-corrected chi connectivity index (χ1v) is 14.1. The molecule has 6 rings (SSSR count). The molecule has 0 radical (unpaired) electrons. The Morgan fingerprint density at radius 2 is 1.22 bits per heavy atom. The van der Waals surface area contributed by atoms with Crippen LogP contribution in [0.2, 0.25) is 0 Å². The van der Waals surface area contributed by atoms with Crippen LogP contribution in [0.3, 0.4) is 0 Å². The van der Waals surface area contributed by atoms with E-state index in [0.717, 1.165) is 91.7 Å². The van der Waals surface area contributed by atoms with E-state index in [4.69, 9.17) is 32.2 Å². The SMILES string of the molecule is S=C(Nc1nc(-c2ccccc2)cs1)N1CCN(c2nc(N3CCCC3)nc(N3CCCC3)n2)CC1. The van der Waals surface area contributed by atoms with Gasteiger partial charge in [0.05, 0.1) is 5.69 Å². The Morgan fingerprint density at radius 3 is 1.78 bits per heavy atom. The van der Waals surface area contributed by atoms with Gasteiger partial charge >= 0.3 is 0 Å². The Kier molecular flexibility index (Phi) is 6.82. The highest BCUT2D eigenvalue weighted by Crippen LogP contribution is 2.26. The van der Waals surface area contributed by atoms with E-state index >= 15 is 0 Å². The lowest BCUT2D eigenvalue weighted by atomic mass is 10.2. The summed E-state index contributed by atoms with van der Waals surface area (Å²) in [6.07, 6.45) is 4.81. The van der Waals surface area contributed by atoms with Crippen LogP contribution < -0.4 is 20.0 Å². The summed E-state index contributed by atoms with van der Waals surface area (Å²) >= 11 is 7.31. The third kappa shape index (κ3) is 5.08. The number of anilines is 4. The molecule has 0 unspecified atom stereocenters. The molecule has 3 fully saturated rings. The number of nitrogens with one attached hydrogen (secondary N) is 1. The van der Waals surface area contributed by atoms with Gasteiger partial charge in [-0.1, -0.05) is 30.3 Å². The molecule has 3 aliphatic heterocycles. The monoisotopic (exact) mass is 521 g/mol. The zero-order valence-electron chi connectivity index (χ0n) is 20.3. The van der Waals surface area contributed by atoms with Crippen molar-refractivity contribution in [3.8, 4) is 11.3 Å². The fourth-order valence-corrected chi connectivity index (χ4v) is 6.02. The molecule has 0 saturated carbocycles. The predicted molar refractivity (Wildman–Crippen MR) is 150 cm³/mol. The second-order valence-electron chi connectivity index (χ2n) is 9.43. The zero-order valence-corrected chi connectivity index (χ0v) is 22.0. The van der Waals surface area contributed by atoms with Crippen LogP contribution in [0.25, 0.3) is 11.3 Å². The van der Waals surface area contributed by atoms with E-state index in [-0.39, 0.29) is 0 Å². The topological polar surface area (TPSA) is 76.6 Å². The first kappa shape index (κ1) is 23.4. The number of nitrogens with zero attached hydrogens (tertiary/aromatic N) is 8. The quantitative estimate of drug-likeness (QED) is 0.502. The molecule has 0 amide bonds. The van der Waals surface area contributed by atoms with E-state index in [1.165, 1.54) is 25.7 Å². The van der Waals surface area contributed by atoms with Crippen molar-refractivity contribution < 1.29 is 0 Å². The Labute approximate surface area is 221 Å². The van der Waals surface area contributed by atoms with Gasteiger partial charge < -0.3 is 24.9 Å². The highest BCUT2D eigenvalue weighted by Gasteiger charge is 2.26. The van der Waals surface area contributed by atoms with Crippen molar-refractivity contribution in [3.05, 3.63) is 35.7 Å². The van der Waals surface area contributed by atoms with Gasteiger partial charge in [0, 0.05) is 63.3 Å². The molecular weight excluding hydrogens is 490 g/mol. The van der Waals surface area contributed by atoms with Crippen molar-refractivity contribution in [2.45, 2.75) is 25.7 Å². The number of benzene rings is 1. The summed E-state index contributed by atoms with van der Waals surface area (Å²) in [5.41, 5.74) is 2.08. The Morgan fingerprint density at radius 1 is 0.694 bits per heavy atom. The first-order chi connectivity index (χ1) is 17.7. The number of thiazole rings is 1. The highest BCUT2D eigenvalue weighted by atomic mass is 32.1. The molecular formula is C25H31N9S2. The molecule has 36 heavy (non-hydrogen) atoms. The van der Waals surface area contributed by atoms with Gasteiger partial charge in [0.25, 0.3) is 0 Å². The largest absolute Gasteiger partial charge is 0.345 e. The van der Waals surface area contributed by atoms with Crippen molar-refractivity contribution >= 4 is 51.6 Å². The van der Waals surface area contributed by atoms with Gasteiger partial charge in [0.2, 0.25) is 17.8 Å². The molecule has 0 spiro atoms. The van der Waals surface area contributed by atoms with Crippen molar-refractivity contribution in [3.63, 3.8) is 0 Å². The van der Waals surface area contributed by atoms with Crippen LogP contribution in [-0.2, 0) is 0 Å². The summed E-state index contributed by atoms with van der Waals surface area (Å²) in [5, 5.41) is 6.95. The van der Waals surface area contributed by atoms with Crippen LogP contribution in [0.1, 0.15) is 25.7 Å². The summed E-state index contributed by atoms with van der Waals surface area (Å²) in [6, 6.07) is 10.2. The average molecular weight is 522 g/mol. The number of hydrogen-bond donors (Lipinski definition) is 1. The van der Waals surface area contributed by atoms with Gasteiger partial charge in [0.15, 0.2) is 10.2 Å². The normalized spacial score (nSPS) is 18.2. The lowest BCUT2D eigenvalue weighted by Crippen LogP contribution is -2.50. The predicted octanol–water partition coefficient (Wildman–Crippen LogP) is 3.71. The minimum atomic E-state index is 0.717. The van der Waals surface area contributed by atoms with Crippen LogP contribution in [0.4, 0.5) is 23.0 Å². The van der Waals surface area contributed by atoms with E-state index in [2.05, 4.69) is 42.4 Å². The van der Waals surface area contributed by atoms with Gasteiger partial charge in [-0.15, -0.1) is 11.3 Å². The van der Waals surface area contributed by atoms with Crippen molar-refractivity contribution in [2.75, 3.05) is 72.4 Å². The lowest BCUT2D eigenvalue weighted by Gasteiger charge is -2.36. The van der Waals surface area contributed by atoms with Crippen molar-refractivity contribution in [2.24, 2.45) is 0 Å². The highest BCUT2D eigenvalue weighted by molar-refractivity contribution is 7.80. The number of hydrogen-bond acceptors (Lipinski definition) is 9. The van der Waals surface area contributed by atoms with E-state index in [1.807, 2.05) is 18.2 Å². The van der Waals surface area contributed by atoms with Gasteiger partial charge in [-0.3, -0.25) is 0 Å². The summed E-state index contributed by atoms with van der Waals surface area (Å²) in [6.45, 7) is 7.37. The van der Waals surface area contributed by atoms with E-state index in [1.54, 1.807) is 11.3 Å². The van der Waals surface area contributed by atoms with Crippen LogP contribution in [0, 0.1) is 0 Å². The fraction of sp³-hybridized carbons (Fsp3) is 0.480. The zero-order chi connectivity index (χ0) is 24.3. The molecule has 0 atom stereocenters. The number of rotatable bonds is 5. The van der Waals surface area contributed by atoms with Crippen molar-refractivity contribution in [1.82, 2.24) is 24.8 Å². The summed E-state index contributed by atoms with van der Waals surface area (Å²) in [4.78, 5) is 28.5. The van der Waals surface area contributed by atoms with E-state index in [0.29, 0.717) is 0 Å². The standard InChI is InChI=1S/C25H31N9S2/c35-25(30-24-26-20(18-36-24)19-8-2-1-3-9-19)34-16-14-33(15-17-34)23-28-21(31-10-4-5-11-31)27-22(29-23)32-12-6-7-13-32/h1-3,8-9,18H,4-7,10-17H2,(H,26,30,35). The Balaban J connectivity index is 1.11. The fourth-order valence-electron chi connectivity index (χ4n) is 4.95. The molecule has 1 N–H and O–H groups in total. The Hall–Kier alpha value is -3.05. The summed E-state index contributed by atoms with van der Waals surface area (Å²) < 4.78 is 0. The molecule has 3 aliphatic rings. The third-order valence-electron chi connectivity index (χ3n) is 7.02. The molecule has 2 aromatic heterocycles. The number of thiocarbonyl (C=S) groups is 1. The molecule has 188 valence electrons. The van der Waals surface area contributed by atoms with Gasteiger partial charge in [0.1, 0.15) is 0 Å². The Bertz CT molecular complexity index is 1150. The van der Waals surface area contributed by atoms with Crippen LogP contribution in [0.15, 0.2) is 35.7 Å². The second-order valence-corrected chi connectivity index (χ2v) is 10.7. The minimum Gasteiger partial charge on any atom is -0.345 e. The van der Waals surface area contributed by atoms with E-state index < -0.39 is 0 Å². The maximum atomic E-state index is 5.73. The van der Waals surface area contributed by atoms with Gasteiger partial charge in [-0.2, -0.15) is 15.0 Å². The third-order valence-corrected chi connectivity index (χ3v) is 8.13. The smallest absolute Gasteiger partial charge is 0.232 e. The molecule has 11 heteroatoms. The summed E-state index contributed by atoms with van der Waals surface area (Å²) in [7, 11) is 0. The van der Waals surface area contributed by atoms with Crippen LogP contribution >= 0.6 is 23.6 Å². The van der Waals surface area contributed by atoms with Crippen LogP contribution in [0.5, 0.6) is 0 Å². The lowest BCUT2D eigenvalue weighted by molar-refractivity contribution is 0.388. The molecule has 5 heterocycles. The summed E-state index contributed by atoms with van der Waals surface area (Å²) in [5.74, 6) is 2.45. The van der Waals surface area contributed by atoms with Crippen molar-refractivity contribution in [1.29, 1.82) is 0 Å². The second kappa shape index (κ2) is 10.5.